The Labute approximate surface area is 131 Å². The van der Waals surface area contributed by atoms with Gasteiger partial charge in [0.2, 0.25) is 5.91 Å². The minimum absolute atomic E-state index is 0.309. The van der Waals surface area contributed by atoms with Crippen molar-refractivity contribution in [3.63, 3.8) is 0 Å². The maximum Gasteiger partial charge on any atom is 0.222 e. The number of aromatic nitrogens is 1. The Bertz CT molecular complexity index is 410. The van der Waals surface area contributed by atoms with Gasteiger partial charge in [0.05, 0.1) is 0 Å². The van der Waals surface area contributed by atoms with E-state index in [-0.39, 0.29) is 0 Å². The zero-order valence-electron chi connectivity index (χ0n) is 12.7. The number of thiazole rings is 1. The number of carbonyl (C=O) groups is 1. The molecule has 0 unspecified atom stereocenters. The molecule has 21 heavy (non-hydrogen) atoms. The number of amides is 1. The van der Waals surface area contributed by atoms with E-state index in [1.54, 1.807) is 11.3 Å². The molecule has 0 aliphatic carbocycles. The molecular formula is C15H26N4OS. The van der Waals surface area contributed by atoms with Crippen LogP contribution in [0, 0.1) is 0 Å². The number of hydrogen-bond acceptors (Lipinski definition) is 5. The molecule has 0 radical (unpaired) electrons. The summed E-state index contributed by atoms with van der Waals surface area (Å²) in [6.45, 7) is 4.34. The number of hydrogen-bond donors (Lipinski definition) is 1. The summed E-state index contributed by atoms with van der Waals surface area (Å²) in [5, 5.41) is 3.08. The quantitative estimate of drug-likeness (QED) is 0.783. The number of unbranched alkanes of at least 4 members (excludes halogenated alkanes) is 3. The van der Waals surface area contributed by atoms with Crippen LogP contribution in [0.15, 0.2) is 11.6 Å². The molecule has 2 N–H and O–H groups in total. The normalized spacial score (nSPS) is 16.0. The molecule has 2 rings (SSSR count). The Balaban J connectivity index is 1.71. The highest BCUT2D eigenvalue weighted by Crippen LogP contribution is 2.19. The lowest BCUT2D eigenvalue weighted by molar-refractivity contribution is -0.131. The van der Waals surface area contributed by atoms with Gasteiger partial charge in [0.1, 0.15) is 0 Å². The number of nitrogens with zero attached hydrogens (tertiary/aromatic N) is 3. The highest BCUT2D eigenvalue weighted by Gasteiger charge is 2.19. The van der Waals surface area contributed by atoms with Crippen molar-refractivity contribution in [2.45, 2.75) is 38.5 Å². The molecule has 6 heteroatoms. The summed E-state index contributed by atoms with van der Waals surface area (Å²) in [4.78, 5) is 20.9. The van der Waals surface area contributed by atoms with Crippen LogP contribution in [0.1, 0.15) is 38.5 Å². The maximum absolute atomic E-state index is 12.2. The van der Waals surface area contributed by atoms with E-state index in [0.717, 1.165) is 70.0 Å². The van der Waals surface area contributed by atoms with E-state index in [4.69, 9.17) is 5.73 Å². The molecule has 1 amide bonds. The van der Waals surface area contributed by atoms with E-state index in [2.05, 4.69) is 9.88 Å². The van der Waals surface area contributed by atoms with E-state index < -0.39 is 0 Å². The van der Waals surface area contributed by atoms with E-state index in [1.807, 2.05) is 16.5 Å². The Hall–Kier alpha value is -1.14. The van der Waals surface area contributed by atoms with Crippen molar-refractivity contribution in [1.29, 1.82) is 0 Å². The number of rotatable bonds is 7. The smallest absolute Gasteiger partial charge is 0.222 e. The zero-order chi connectivity index (χ0) is 14.9. The predicted molar refractivity (Wildman–Crippen MR) is 87.7 cm³/mol. The summed E-state index contributed by atoms with van der Waals surface area (Å²) >= 11 is 1.67. The van der Waals surface area contributed by atoms with Crippen molar-refractivity contribution in [3.8, 4) is 0 Å². The van der Waals surface area contributed by atoms with Crippen molar-refractivity contribution in [3.05, 3.63) is 11.6 Å². The standard InChI is InChI=1S/C15H26N4OS/c16-7-4-2-1-3-6-14(20)18-9-5-10-19(12-11-18)15-17-8-13-21-15/h8,13H,1-7,9-12,16H2. The minimum atomic E-state index is 0.309. The van der Waals surface area contributed by atoms with Gasteiger partial charge in [-0.3, -0.25) is 4.79 Å². The van der Waals surface area contributed by atoms with Crippen LogP contribution >= 0.6 is 11.3 Å². The summed E-state index contributed by atoms with van der Waals surface area (Å²) in [6.07, 6.45) is 7.87. The van der Waals surface area contributed by atoms with Gasteiger partial charge in [-0.1, -0.05) is 12.8 Å². The maximum atomic E-state index is 12.2. The first-order valence-corrected chi connectivity index (χ1v) is 8.81. The Kier molecular flexibility index (Phi) is 6.95. The Morgan fingerprint density at radius 3 is 2.81 bits per heavy atom. The van der Waals surface area contributed by atoms with Gasteiger partial charge in [0, 0.05) is 44.2 Å². The molecule has 0 bridgehead atoms. The molecule has 1 saturated heterocycles. The van der Waals surface area contributed by atoms with Crippen LogP contribution in [-0.2, 0) is 4.79 Å². The molecule has 1 aromatic heterocycles. The number of carbonyl (C=O) groups excluding carboxylic acids is 1. The van der Waals surface area contributed by atoms with E-state index in [1.165, 1.54) is 0 Å². The summed E-state index contributed by atoms with van der Waals surface area (Å²) in [7, 11) is 0. The summed E-state index contributed by atoms with van der Waals surface area (Å²) in [5.74, 6) is 0.309. The van der Waals surface area contributed by atoms with Crippen LogP contribution in [0.25, 0.3) is 0 Å². The molecule has 1 fully saturated rings. The van der Waals surface area contributed by atoms with Crippen LogP contribution in [0.4, 0.5) is 5.13 Å². The van der Waals surface area contributed by atoms with Crippen LogP contribution in [0.3, 0.4) is 0 Å². The second kappa shape index (κ2) is 9.00. The number of anilines is 1. The van der Waals surface area contributed by atoms with Crippen LogP contribution in [0.2, 0.25) is 0 Å². The van der Waals surface area contributed by atoms with Gasteiger partial charge in [-0.2, -0.15) is 0 Å². The molecule has 1 aliphatic rings. The van der Waals surface area contributed by atoms with Gasteiger partial charge in [-0.15, -0.1) is 11.3 Å². The molecule has 2 heterocycles. The fourth-order valence-corrected chi connectivity index (χ4v) is 3.36. The lowest BCUT2D eigenvalue weighted by Crippen LogP contribution is -2.35. The van der Waals surface area contributed by atoms with Gasteiger partial charge >= 0.3 is 0 Å². The monoisotopic (exact) mass is 310 g/mol. The first-order chi connectivity index (χ1) is 10.3. The van der Waals surface area contributed by atoms with Gasteiger partial charge in [-0.25, -0.2) is 4.98 Å². The van der Waals surface area contributed by atoms with Crippen molar-refractivity contribution in [1.82, 2.24) is 9.88 Å². The second-order valence-electron chi connectivity index (χ2n) is 5.49. The molecule has 0 spiro atoms. The zero-order valence-corrected chi connectivity index (χ0v) is 13.5. The molecule has 5 nitrogen and oxygen atoms in total. The highest BCUT2D eigenvalue weighted by molar-refractivity contribution is 7.13. The molecule has 1 aliphatic heterocycles. The fourth-order valence-electron chi connectivity index (χ4n) is 2.66. The van der Waals surface area contributed by atoms with Gasteiger partial charge in [-0.05, 0) is 25.8 Å². The average Bonchev–Trinajstić information content (AvgIpc) is 2.91. The number of nitrogens with two attached hydrogens (primary N) is 1. The molecule has 1 aromatic rings. The SMILES string of the molecule is NCCCCCCC(=O)N1CCCN(c2nccs2)CC1. The largest absolute Gasteiger partial charge is 0.346 e. The third-order valence-electron chi connectivity index (χ3n) is 3.88. The van der Waals surface area contributed by atoms with Crippen molar-refractivity contribution < 1.29 is 4.79 Å². The predicted octanol–water partition coefficient (Wildman–Crippen LogP) is 2.09. The van der Waals surface area contributed by atoms with Crippen molar-refractivity contribution >= 4 is 22.4 Å². The fraction of sp³-hybridized carbons (Fsp3) is 0.733. The van der Waals surface area contributed by atoms with Crippen molar-refractivity contribution in [2.75, 3.05) is 37.6 Å². The van der Waals surface area contributed by atoms with E-state index >= 15 is 0 Å². The first-order valence-electron chi connectivity index (χ1n) is 7.93. The molecular weight excluding hydrogens is 284 g/mol. The Morgan fingerprint density at radius 2 is 2.05 bits per heavy atom. The minimum Gasteiger partial charge on any atom is -0.346 e. The van der Waals surface area contributed by atoms with Gasteiger partial charge < -0.3 is 15.5 Å². The average molecular weight is 310 g/mol. The highest BCUT2D eigenvalue weighted by atomic mass is 32.1. The summed E-state index contributed by atoms with van der Waals surface area (Å²) in [6, 6.07) is 0. The Morgan fingerprint density at radius 1 is 1.19 bits per heavy atom. The van der Waals surface area contributed by atoms with Crippen molar-refractivity contribution in [2.24, 2.45) is 5.73 Å². The van der Waals surface area contributed by atoms with E-state index in [9.17, 15) is 4.79 Å². The third-order valence-corrected chi connectivity index (χ3v) is 4.72. The summed E-state index contributed by atoms with van der Waals surface area (Å²) in [5.41, 5.74) is 5.47. The molecule has 0 atom stereocenters. The molecule has 118 valence electrons. The molecule has 0 aromatic carbocycles. The topological polar surface area (TPSA) is 62.5 Å². The molecule has 0 saturated carbocycles. The van der Waals surface area contributed by atoms with Crippen LogP contribution < -0.4 is 10.6 Å². The lowest BCUT2D eigenvalue weighted by Gasteiger charge is -2.21. The second-order valence-corrected chi connectivity index (χ2v) is 6.36. The van der Waals surface area contributed by atoms with Crippen LogP contribution in [0.5, 0.6) is 0 Å². The summed E-state index contributed by atoms with van der Waals surface area (Å²) < 4.78 is 0. The van der Waals surface area contributed by atoms with Crippen LogP contribution in [-0.4, -0.2) is 48.5 Å². The third kappa shape index (κ3) is 5.28. The van der Waals surface area contributed by atoms with E-state index in [0.29, 0.717) is 12.3 Å². The van der Waals surface area contributed by atoms with Gasteiger partial charge in [0.15, 0.2) is 5.13 Å². The lowest BCUT2D eigenvalue weighted by atomic mass is 10.1. The van der Waals surface area contributed by atoms with Gasteiger partial charge in [0.25, 0.3) is 0 Å². The first kappa shape index (κ1) is 16.2.